The zero-order valence-corrected chi connectivity index (χ0v) is 9.56. The van der Waals surface area contributed by atoms with E-state index in [9.17, 15) is 0 Å². The van der Waals surface area contributed by atoms with Gasteiger partial charge in [0.2, 0.25) is 0 Å². The lowest BCUT2D eigenvalue weighted by Gasteiger charge is -1.98. The monoisotopic (exact) mass is 236 g/mol. The first-order valence-electron chi connectivity index (χ1n) is 5.17. The number of nitrogens with two attached hydrogens (primary N) is 1. The lowest BCUT2D eigenvalue weighted by atomic mass is 10.2. The second kappa shape index (κ2) is 5.09. The van der Waals surface area contributed by atoms with E-state index in [4.69, 9.17) is 17.3 Å². The highest BCUT2D eigenvalue weighted by Gasteiger charge is 2.02. The zero-order chi connectivity index (χ0) is 11.4. The molecule has 0 unspecified atom stereocenters. The van der Waals surface area contributed by atoms with Crippen molar-refractivity contribution in [2.75, 3.05) is 6.54 Å². The van der Waals surface area contributed by atoms with E-state index in [1.807, 2.05) is 30.5 Å². The van der Waals surface area contributed by atoms with E-state index in [1.165, 1.54) is 0 Å². The van der Waals surface area contributed by atoms with E-state index in [1.54, 1.807) is 4.68 Å². The summed E-state index contributed by atoms with van der Waals surface area (Å²) in [6.45, 7) is 0.674. The van der Waals surface area contributed by atoms with Crippen LogP contribution < -0.4 is 5.73 Å². The molecule has 1 aromatic heterocycles. The molecule has 4 nitrogen and oxygen atoms in total. The minimum atomic E-state index is 0.674. The van der Waals surface area contributed by atoms with Gasteiger partial charge in [0.1, 0.15) is 0 Å². The van der Waals surface area contributed by atoms with Gasteiger partial charge in [-0.25, -0.2) is 4.68 Å². The molecule has 2 N–H and O–H groups in total. The Kier molecular flexibility index (Phi) is 3.54. The van der Waals surface area contributed by atoms with Crippen LogP contribution >= 0.6 is 11.6 Å². The van der Waals surface area contributed by atoms with Crippen LogP contribution in [0.4, 0.5) is 0 Å². The van der Waals surface area contributed by atoms with E-state index in [0.29, 0.717) is 11.6 Å². The summed E-state index contributed by atoms with van der Waals surface area (Å²) in [5.74, 6) is 0. The second-order valence-electron chi connectivity index (χ2n) is 3.52. The first-order valence-corrected chi connectivity index (χ1v) is 5.54. The van der Waals surface area contributed by atoms with Crippen molar-refractivity contribution in [3.05, 3.63) is 41.2 Å². The molecular weight excluding hydrogens is 224 g/mol. The maximum absolute atomic E-state index is 5.81. The molecule has 0 amide bonds. The number of halogens is 1. The Morgan fingerprint density at radius 3 is 2.69 bits per heavy atom. The Morgan fingerprint density at radius 2 is 2.00 bits per heavy atom. The van der Waals surface area contributed by atoms with Gasteiger partial charge in [-0.2, -0.15) is 0 Å². The lowest BCUT2D eigenvalue weighted by Crippen LogP contribution is -2.00. The van der Waals surface area contributed by atoms with Gasteiger partial charge in [-0.15, -0.1) is 5.10 Å². The number of hydrogen-bond donors (Lipinski definition) is 1. The van der Waals surface area contributed by atoms with Crippen LogP contribution in [0.25, 0.3) is 5.69 Å². The molecule has 0 aliphatic heterocycles. The van der Waals surface area contributed by atoms with Crippen molar-refractivity contribution < 1.29 is 0 Å². The topological polar surface area (TPSA) is 56.7 Å². The molecule has 0 bridgehead atoms. The van der Waals surface area contributed by atoms with Crippen molar-refractivity contribution in [1.82, 2.24) is 15.0 Å². The largest absolute Gasteiger partial charge is 0.330 e. The predicted molar refractivity (Wildman–Crippen MR) is 63.7 cm³/mol. The Balaban J connectivity index is 2.15. The fourth-order valence-corrected chi connectivity index (χ4v) is 1.54. The molecule has 0 atom stereocenters. The summed E-state index contributed by atoms with van der Waals surface area (Å²) in [4.78, 5) is 0. The summed E-state index contributed by atoms with van der Waals surface area (Å²) in [7, 11) is 0. The fraction of sp³-hybridized carbons (Fsp3) is 0.273. The lowest BCUT2D eigenvalue weighted by molar-refractivity contribution is 0.779. The van der Waals surface area contributed by atoms with Crippen molar-refractivity contribution in [3.63, 3.8) is 0 Å². The van der Waals surface area contributed by atoms with Crippen molar-refractivity contribution in [1.29, 1.82) is 0 Å². The molecule has 1 aromatic carbocycles. The fourth-order valence-electron chi connectivity index (χ4n) is 1.42. The summed E-state index contributed by atoms with van der Waals surface area (Å²) >= 11 is 5.81. The normalized spacial score (nSPS) is 10.6. The third-order valence-corrected chi connectivity index (χ3v) is 2.52. The van der Waals surface area contributed by atoms with Crippen LogP contribution in [0.15, 0.2) is 30.5 Å². The molecule has 16 heavy (non-hydrogen) atoms. The van der Waals surface area contributed by atoms with Crippen LogP contribution in [0.3, 0.4) is 0 Å². The smallest absolute Gasteiger partial charge is 0.0832 e. The highest BCUT2D eigenvalue weighted by atomic mass is 35.5. The predicted octanol–water partition coefficient (Wildman–Crippen LogP) is 1.81. The summed E-state index contributed by atoms with van der Waals surface area (Å²) in [6, 6.07) is 7.48. The maximum atomic E-state index is 5.81. The van der Waals surface area contributed by atoms with Gasteiger partial charge in [0.05, 0.1) is 17.6 Å². The highest BCUT2D eigenvalue weighted by molar-refractivity contribution is 6.30. The Morgan fingerprint density at radius 1 is 1.25 bits per heavy atom. The molecule has 0 saturated carbocycles. The van der Waals surface area contributed by atoms with E-state index in [-0.39, 0.29) is 0 Å². The summed E-state index contributed by atoms with van der Waals surface area (Å²) in [5, 5.41) is 8.84. The third kappa shape index (κ3) is 2.59. The minimum Gasteiger partial charge on any atom is -0.330 e. The standard InChI is InChI=1S/C11H13ClN4/c12-9-3-5-11(6-4-9)16-8-10(14-15-16)2-1-7-13/h3-6,8H,1-2,7,13H2. The Hall–Kier alpha value is -1.39. The average Bonchev–Trinajstić information content (AvgIpc) is 2.76. The highest BCUT2D eigenvalue weighted by Crippen LogP contribution is 2.12. The molecule has 5 heteroatoms. The average molecular weight is 237 g/mol. The zero-order valence-electron chi connectivity index (χ0n) is 8.81. The van der Waals surface area contributed by atoms with Gasteiger partial charge in [0, 0.05) is 5.02 Å². The third-order valence-electron chi connectivity index (χ3n) is 2.27. The van der Waals surface area contributed by atoms with E-state index < -0.39 is 0 Å². The number of rotatable bonds is 4. The SMILES string of the molecule is NCCCc1cn(-c2ccc(Cl)cc2)nn1. The van der Waals surface area contributed by atoms with Crippen LogP contribution in [-0.4, -0.2) is 21.5 Å². The van der Waals surface area contributed by atoms with Crippen LogP contribution in [0.1, 0.15) is 12.1 Å². The number of nitrogens with zero attached hydrogens (tertiary/aromatic N) is 3. The van der Waals surface area contributed by atoms with Gasteiger partial charge in [0.25, 0.3) is 0 Å². The van der Waals surface area contributed by atoms with Gasteiger partial charge in [-0.05, 0) is 43.7 Å². The van der Waals surface area contributed by atoms with E-state index in [2.05, 4.69) is 10.3 Å². The van der Waals surface area contributed by atoms with Crippen molar-refractivity contribution in [2.24, 2.45) is 5.73 Å². The molecule has 0 saturated heterocycles. The van der Waals surface area contributed by atoms with Crippen LogP contribution in [0, 0.1) is 0 Å². The molecule has 0 spiro atoms. The molecule has 0 aliphatic rings. The molecular formula is C11H13ClN4. The second-order valence-corrected chi connectivity index (χ2v) is 3.96. The van der Waals surface area contributed by atoms with Gasteiger partial charge >= 0.3 is 0 Å². The van der Waals surface area contributed by atoms with E-state index in [0.717, 1.165) is 24.2 Å². The van der Waals surface area contributed by atoms with Crippen molar-refractivity contribution in [2.45, 2.75) is 12.8 Å². The summed E-state index contributed by atoms with van der Waals surface area (Å²) in [5.41, 5.74) is 7.35. The van der Waals surface area contributed by atoms with Gasteiger partial charge in [0.15, 0.2) is 0 Å². The quantitative estimate of drug-likeness (QED) is 0.881. The van der Waals surface area contributed by atoms with Crippen molar-refractivity contribution >= 4 is 11.6 Å². The number of aromatic nitrogens is 3. The molecule has 2 rings (SSSR count). The maximum Gasteiger partial charge on any atom is 0.0832 e. The van der Waals surface area contributed by atoms with Gasteiger partial charge in [-0.3, -0.25) is 0 Å². The summed E-state index contributed by atoms with van der Waals surface area (Å²) < 4.78 is 1.74. The molecule has 84 valence electrons. The first kappa shape index (κ1) is 11.1. The van der Waals surface area contributed by atoms with E-state index >= 15 is 0 Å². The first-order chi connectivity index (χ1) is 7.79. The molecule has 1 heterocycles. The Bertz CT molecular complexity index is 449. The Labute approximate surface area is 99.0 Å². The van der Waals surface area contributed by atoms with Gasteiger partial charge in [-0.1, -0.05) is 16.8 Å². The van der Waals surface area contributed by atoms with Crippen LogP contribution in [0.5, 0.6) is 0 Å². The number of benzene rings is 1. The molecule has 0 radical (unpaired) electrons. The number of aryl methyl sites for hydroxylation is 1. The molecule has 2 aromatic rings. The van der Waals surface area contributed by atoms with Gasteiger partial charge < -0.3 is 5.73 Å². The number of hydrogen-bond acceptors (Lipinski definition) is 3. The molecule has 0 aliphatic carbocycles. The molecule has 0 fully saturated rings. The minimum absolute atomic E-state index is 0.674. The summed E-state index contributed by atoms with van der Waals surface area (Å²) in [6.07, 6.45) is 3.71. The van der Waals surface area contributed by atoms with Crippen LogP contribution in [-0.2, 0) is 6.42 Å². The van der Waals surface area contributed by atoms with Crippen LogP contribution in [0.2, 0.25) is 5.02 Å². The van der Waals surface area contributed by atoms with Crippen molar-refractivity contribution in [3.8, 4) is 5.69 Å².